The van der Waals surface area contributed by atoms with E-state index in [4.69, 9.17) is 9.47 Å². The predicted molar refractivity (Wildman–Crippen MR) is 98.8 cm³/mol. The Bertz CT molecular complexity index is 848. The molecular weight excluding hydrogens is 332 g/mol. The van der Waals surface area contributed by atoms with E-state index < -0.39 is 0 Å². The number of nitrogens with one attached hydrogen (secondary N) is 1. The third-order valence-corrected chi connectivity index (χ3v) is 4.29. The first-order chi connectivity index (χ1) is 12.5. The van der Waals surface area contributed by atoms with Crippen LogP contribution in [0.2, 0.25) is 0 Å². The average molecular weight is 354 g/mol. The number of carbonyl (C=O) groups excluding carboxylic acids is 2. The summed E-state index contributed by atoms with van der Waals surface area (Å²) in [5, 5.41) is 2.85. The lowest BCUT2D eigenvalue weighted by molar-refractivity contribution is -0.116. The Balaban J connectivity index is 1.64. The fourth-order valence-electron chi connectivity index (χ4n) is 2.88. The van der Waals surface area contributed by atoms with Crippen LogP contribution in [0.1, 0.15) is 28.4 Å². The van der Waals surface area contributed by atoms with E-state index in [1.807, 2.05) is 32.0 Å². The highest BCUT2D eigenvalue weighted by molar-refractivity contribution is 5.95. The van der Waals surface area contributed by atoms with Crippen LogP contribution in [0, 0.1) is 13.8 Å². The highest BCUT2D eigenvalue weighted by Gasteiger charge is 2.17. The molecular formula is C20H22N2O4. The van der Waals surface area contributed by atoms with Crippen molar-refractivity contribution in [1.82, 2.24) is 5.32 Å². The number of hydrogen-bond acceptors (Lipinski definition) is 4. The number of hydrogen-bond donors (Lipinski definition) is 1. The summed E-state index contributed by atoms with van der Waals surface area (Å²) in [7, 11) is 0. The van der Waals surface area contributed by atoms with Crippen molar-refractivity contribution in [3.05, 3.63) is 53.1 Å². The molecule has 1 N–H and O–H groups in total. The standard InChI is InChI=1S/C20H22N2O4/c1-13-4-5-14(2)17(10-13)22(15(3)23)9-8-21-20(24)16-6-7-18-19(11-16)26-12-25-18/h4-7,10-11H,8-9,12H2,1-3H3,(H,21,24). The van der Waals surface area contributed by atoms with Gasteiger partial charge in [0.15, 0.2) is 11.5 Å². The minimum Gasteiger partial charge on any atom is -0.454 e. The summed E-state index contributed by atoms with van der Waals surface area (Å²) in [6.45, 7) is 6.40. The smallest absolute Gasteiger partial charge is 0.251 e. The molecule has 6 heteroatoms. The predicted octanol–water partition coefficient (Wildman–Crippen LogP) is 2.82. The lowest BCUT2D eigenvalue weighted by Crippen LogP contribution is -2.38. The minimum absolute atomic E-state index is 0.0592. The van der Waals surface area contributed by atoms with Gasteiger partial charge >= 0.3 is 0 Å². The maximum absolute atomic E-state index is 12.3. The molecule has 1 aliphatic rings. The van der Waals surface area contributed by atoms with Crippen LogP contribution in [0.4, 0.5) is 5.69 Å². The highest BCUT2D eigenvalue weighted by atomic mass is 16.7. The molecule has 0 unspecified atom stereocenters. The Kier molecular flexibility index (Phi) is 5.11. The Labute approximate surface area is 152 Å². The number of amides is 2. The van der Waals surface area contributed by atoms with E-state index in [9.17, 15) is 9.59 Å². The van der Waals surface area contributed by atoms with Gasteiger partial charge in [-0.15, -0.1) is 0 Å². The van der Waals surface area contributed by atoms with E-state index in [0.717, 1.165) is 16.8 Å². The van der Waals surface area contributed by atoms with Gasteiger partial charge < -0.3 is 19.7 Å². The number of benzene rings is 2. The zero-order chi connectivity index (χ0) is 18.7. The molecule has 1 aliphatic heterocycles. The van der Waals surface area contributed by atoms with Crippen LogP contribution in [0.15, 0.2) is 36.4 Å². The normalized spacial score (nSPS) is 12.0. The quantitative estimate of drug-likeness (QED) is 0.897. The van der Waals surface area contributed by atoms with Crippen molar-refractivity contribution < 1.29 is 19.1 Å². The van der Waals surface area contributed by atoms with Gasteiger partial charge in [0.1, 0.15) is 0 Å². The van der Waals surface area contributed by atoms with Crippen molar-refractivity contribution in [1.29, 1.82) is 0 Å². The van der Waals surface area contributed by atoms with Crippen LogP contribution in [0.25, 0.3) is 0 Å². The third-order valence-electron chi connectivity index (χ3n) is 4.29. The molecule has 0 radical (unpaired) electrons. The third kappa shape index (κ3) is 3.79. The second-order valence-corrected chi connectivity index (χ2v) is 6.28. The first kappa shape index (κ1) is 17.8. The van der Waals surface area contributed by atoms with Gasteiger partial charge in [-0.2, -0.15) is 0 Å². The van der Waals surface area contributed by atoms with Crippen molar-refractivity contribution in [3.8, 4) is 11.5 Å². The zero-order valence-electron chi connectivity index (χ0n) is 15.2. The van der Waals surface area contributed by atoms with Crippen LogP contribution >= 0.6 is 0 Å². The molecule has 2 aromatic rings. The lowest BCUT2D eigenvalue weighted by Gasteiger charge is -2.23. The molecule has 1 heterocycles. The number of nitrogens with zero attached hydrogens (tertiary/aromatic N) is 1. The molecule has 3 rings (SSSR count). The van der Waals surface area contributed by atoms with E-state index >= 15 is 0 Å². The van der Waals surface area contributed by atoms with E-state index in [1.54, 1.807) is 23.1 Å². The number of anilines is 1. The fraction of sp³-hybridized carbons (Fsp3) is 0.300. The SMILES string of the molecule is CC(=O)N(CCNC(=O)c1ccc2c(c1)OCO2)c1cc(C)ccc1C. The first-order valence-corrected chi connectivity index (χ1v) is 8.49. The summed E-state index contributed by atoms with van der Waals surface area (Å²) in [5.41, 5.74) is 3.47. The molecule has 0 atom stereocenters. The Morgan fingerprint density at radius 3 is 2.62 bits per heavy atom. The molecule has 0 saturated heterocycles. The molecule has 0 aromatic heterocycles. The van der Waals surface area contributed by atoms with Gasteiger partial charge in [-0.3, -0.25) is 9.59 Å². The van der Waals surface area contributed by atoms with Crippen molar-refractivity contribution in [2.24, 2.45) is 0 Å². The number of fused-ring (bicyclic) bond motifs is 1. The summed E-state index contributed by atoms with van der Waals surface area (Å²) in [4.78, 5) is 26.1. The van der Waals surface area contributed by atoms with Crippen molar-refractivity contribution >= 4 is 17.5 Å². The molecule has 0 saturated carbocycles. The molecule has 2 aromatic carbocycles. The second-order valence-electron chi connectivity index (χ2n) is 6.28. The summed E-state index contributed by atoms with van der Waals surface area (Å²) >= 11 is 0. The molecule has 0 aliphatic carbocycles. The number of ether oxygens (including phenoxy) is 2. The monoisotopic (exact) mass is 354 g/mol. The zero-order valence-corrected chi connectivity index (χ0v) is 15.2. The van der Waals surface area contributed by atoms with Crippen LogP contribution in [0.5, 0.6) is 11.5 Å². The molecule has 0 fully saturated rings. The summed E-state index contributed by atoms with van der Waals surface area (Å²) in [5.74, 6) is 0.932. The van der Waals surface area contributed by atoms with E-state index in [2.05, 4.69) is 5.32 Å². The van der Waals surface area contributed by atoms with E-state index in [1.165, 1.54) is 6.92 Å². The molecule has 26 heavy (non-hydrogen) atoms. The Morgan fingerprint density at radius 2 is 1.85 bits per heavy atom. The number of carbonyl (C=O) groups is 2. The minimum atomic E-state index is -0.215. The topological polar surface area (TPSA) is 67.9 Å². The largest absolute Gasteiger partial charge is 0.454 e. The lowest BCUT2D eigenvalue weighted by atomic mass is 10.1. The maximum atomic E-state index is 12.3. The first-order valence-electron chi connectivity index (χ1n) is 8.49. The van der Waals surface area contributed by atoms with Gasteiger partial charge in [0.2, 0.25) is 12.7 Å². The number of aryl methyl sites for hydroxylation is 2. The van der Waals surface area contributed by atoms with Crippen molar-refractivity contribution in [2.45, 2.75) is 20.8 Å². The van der Waals surface area contributed by atoms with Gasteiger partial charge in [-0.25, -0.2) is 0 Å². The van der Waals surface area contributed by atoms with Crippen molar-refractivity contribution in [3.63, 3.8) is 0 Å². The Hall–Kier alpha value is -3.02. The van der Waals surface area contributed by atoms with Gasteiger partial charge in [0.05, 0.1) is 0 Å². The van der Waals surface area contributed by atoms with Crippen LogP contribution in [-0.4, -0.2) is 31.7 Å². The Morgan fingerprint density at radius 1 is 1.08 bits per heavy atom. The van der Waals surface area contributed by atoms with Crippen LogP contribution < -0.4 is 19.7 Å². The molecule has 6 nitrogen and oxygen atoms in total. The second kappa shape index (κ2) is 7.47. The molecule has 136 valence electrons. The maximum Gasteiger partial charge on any atom is 0.251 e. The molecule has 0 bridgehead atoms. The van der Waals surface area contributed by atoms with E-state index in [-0.39, 0.29) is 18.6 Å². The number of rotatable bonds is 5. The summed E-state index contributed by atoms with van der Waals surface area (Å²) in [6, 6.07) is 11.1. The average Bonchev–Trinajstić information content (AvgIpc) is 3.08. The van der Waals surface area contributed by atoms with Gasteiger partial charge in [0.25, 0.3) is 5.91 Å². The highest BCUT2D eigenvalue weighted by Crippen LogP contribution is 2.32. The van der Waals surface area contributed by atoms with E-state index in [0.29, 0.717) is 30.2 Å². The molecule has 2 amide bonds. The summed E-state index contributed by atoms with van der Waals surface area (Å²) < 4.78 is 10.5. The fourth-order valence-corrected chi connectivity index (χ4v) is 2.88. The van der Waals surface area contributed by atoms with Gasteiger partial charge in [-0.1, -0.05) is 12.1 Å². The summed E-state index contributed by atoms with van der Waals surface area (Å²) in [6.07, 6.45) is 0. The van der Waals surface area contributed by atoms with Crippen molar-refractivity contribution in [2.75, 3.05) is 24.8 Å². The van der Waals surface area contributed by atoms with Gasteiger partial charge in [0, 0.05) is 31.3 Å². The van der Waals surface area contributed by atoms with Crippen LogP contribution in [0.3, 0.4) is 0 Å². The van der Waals surface area contributed by atoms with Gasteiger partial charge in [-0.05, 0) is 49.2 Å². The van der Waals surface area contributed by atoms with Crippen LogP contribution in [-0.2, 0) is 4.79 Å². The molecule has 0 spiro atoms.